The van der Waals surface area contributed by atoms with Crippen LogP contribution in [0.15, 0.2) is 34.9 Å². The Morgan fingerprint density at radius 3 is 2.89 bits per heavy atom. The van der Waals surface area contributed by atoms with Gasteiger partial charge in [0, 0.05) is 6.20 Å². The lowest BCUT2D eigenvalue weighted by Gasteiger charge is -2.02. The number of amides is 1. The quantitative estimate of drug-likeness (QED) is 0.883. The molecule has 0 bridgehead atoms. The van der Waals surface area contributed by atoms with E-state index < -0.39 is 11.7 Å². The van der Waals surface area contributed by atoms with Crippen LogP contribution in [-0.4, -0.2) is 22.8 Å². The number of hydroxylamine groups is 1. The first-order chi connectivity index (χ1) is 8.63. The van der Waals surface area contributed by atoms with Crippen LogP contribution < -0.4 is 5.48 Å². The fourth-order valence-electron chi connectivity index (χ4n) is 1.41. The summed E-state index contributed by atoms with van der Waals surface area (Å²) in [5.41, 5.74) is 2.51. The summed E-state index contributed by atoms with van der Waals surface area (Å²) in [5, 5.41) is 4.00. The summed E-state index contributed by atoms with van der Waals surface area (Å²) in [6.45, 7) is 0. The zero-order valence-electron chi connectivity index (χ0n) is 9.35. The summed E-state index contributed by atoms with van der Waals surface area (Å²) < 4.78 is 15.3. The molecule has 1 heterocycles. The molecule has 0 unspecified atom stereocenters. The summed E-state index contributed by atoms with van der Waals surface area (Å²) in [7, 11) is 1.32. The highest BCUT2D eigenvalue weighted by molar-refractivity contribution is 9.10. The third-order valence-electron chi connectivity index (χ3n) is 2.18. The monoisotopic (exact) mass is 313 g/mol. The Morgan fingerprint density at radius 2 is 2.22 bits per heavy atom. The molecule has 0 aliphatic heterocycles. The molecule has 0 radical (unpaired) electrons. The maximum absolute atomic E-state index is 13.6. The highest BCUT2D eigenvalue weighted by Crippen LogP contribution is 2.19. The number of aromatic nitrogens is 2. The number of rotatable bonds is 3. The lowest BCUT2D eigenvalue weighted by molar-refractivity contribution is 0.0531. The second-order valence-electron chi connectivity index (χ2n) is 3.36. The van der Waals surface area contributed by atoms with Crippen LogP contribution >= 0.6 is 15.9 Å². The summed E-state index contributed by atoms with van der Waals surface area (Å²) in [6, 6.07) is 6.14. The number of halogens is 2. The Bertz CT molecular complexity index is 585. The lowest BCUT2D eigenvalue weighted by atomic mass is 10.3. The second-order valence-corrected chi connectivity index (χ2v) is 4.21. The van der Waals surface area contributed by atoms with Crippen molar-refractivity contribution in [2.75, 3.05) is 7.11 Å². The van der Waals surface area contributed by atoms with E-state index in [0.717, 1.165) is 0 Å². The molecule has 94 valence electrons. The van der Waals surface area contributed by atoms with Gasteiger partial charge in [0.15, 0.2) is 5.69 Å². The predicted molar refractivity (Wildman–Crippen MR) is 65.7 cm³/mol. The van der Waals surface area contributed by atoms with Gasteiger partial charge in [-0.05, 0) is 28.1 Å². The van der Waals surface area contributed by atoms with Crippen molar-refractivity contribution in [3.05, 3.63) is 46.4 Å². The summed E-state index contributed by atoms with van der Waals surface area (Å²) in [5.74, 6) is -0.939. The van der Waals surface area contributed by atoms with E-state index in [9.17, 15) is 9.18 Å². The number of para-hydroxylation sites is 1. The highest BCUT2D eigenvalue weighted by Gasteiger charge is 2.16. The molecule has 0 fully saturated rings. The molecule has 1 aromatic carbocycles. The Kier molecular flexibility index (Phi) is 3.73. The molecule has 0 saturated carbocycles. The van der Waals surface area contributed by atoms with Gasteiger partial charge in [-0.15, -0.1) is 0 Å². The van der Waals surface area contributed by atoms with Crippen LogP contribution in [0.2, 0.25) is 0 Å². The van der Waals surface area contributed by atoms with E-state index in [1.54, 1.807) is 18.2 Å². The SMILES string of the molecule is CONC(=O)c1nn(-c2ccccc2F)cc1Br. The first-order valence-electron chi connectivity index (χ1n) is 4.97. The number of benzene rings is 1. The molecular weight excluding hydrogens is 305 g/mol. The maximum atomic E-state index is 13.6. The normalized spacial score (nSPS) is 10.4. The molecule has 5 nitrogen and oxygen atoms in total. The largest absolute Gasteiger partial charge is 0.296 e. The lowest BCUT2D eigenvalue weighted by Crippen LogP contribution is -2.22. The predicted octanol–water partition coefficient (Wildman–Crippen LogP) is 2.07. The van der Waals surface area contributed by atoms with Crippen LogP contribution in [0.3, 0.4) is 0 Å². The van der Waals surface area contributed by atoms with Gasteiger partial charge in [-0.3, -0.25) is 9.63 Å². The third-order valence-corrected chi connectivity index (χ3v) is 2.76. The molecule has 0 saturated heterocycles. The third kappa shape index (κ3) is 2.41. The van der Waals surface area contributed by atoms with E-state index in [0.29, 0.717) is 4.47 Å². The fraction of sp³-hybridized carbons (Fsp3) is 0.0909. The average Bonchev–Trinajstić information content (AvgIpc) is 2.72. The number of hydrogen-bond donors (Lipinski definition) is 1. The summed E-state index contributed by atoms with van der Waals surface area (Å²) in [4.78, 5) is 16.1. The summed E-state index contributed by atoms with van der Waals surface area (Å²) >= 11 is 3.19. The number of nitrogens with one attached hydrogen (secondary N) is 1. The van der Waals surface area contributed by atoms with Crippen molar-refractivity contribution < 1.29 is 14.0 Å². The molecule has 7 heteroatoms. The number of hydrogen-bond acceptors (Lipinski definition) is 3. The average molecular weight is 314 g/mol. The van der Waals surface area contributed by atoms with Crippen LogP contribution in [0, 0.1) is 5.82 Å². The minimum Gasteiger partial charge on any atom is -0.277 e. The van der Waals surface area contributed by atoms with Gasteiger partial charge in [0.1, 0.15) is 11.5 Å². The van der Waals surface area contributed by atoms with E-state index in [2.05, 4.69) is 31.3 Å². The molecule has 0 spiro atoms. The van der Waals surface area contributed by atoms with E-state index in [1.165, 1.54) is 24.1 Å². The molecule has 0 aliphatic rings. The fourth-order valence-corrected chi connectivity index (χ4v) is 1.86. The molecule has 2 aromatic rings. The van der Waals surface area contributed by atoms with Crippen molar-refractivity contribution in [2.45, 2.75) is 0 Å². The van der Waals surface area contributed by atoms with Crippen molar-refractivity contribution in [2.24, 2.45) is 0 Å². The van der Waals surface area contributed by atoms with Gasteiger partial charge in [0.05, 0.1) is 11.6 Å². The zero-order valence-corrected chi connectivity index (χ0v) is 10.9. The minimum absolute atomic E-state index is 0.111. The summed E-state index contributed by atoms with van der Waals surface area (Å²) in [6.07, 6.45) is 1.50. The Morgan fingerprint density at radius 1 is 1.50 bits per heavy atom. The molecule has 1 amide bonds. The Hall–Kier alpha value is -1.73. The van der Waals surface area contributed by atoms with Crippen LogP contribution in [0.25, 0.3) is 5.69 Å². The van der Waals surface area contributed by atoms with Gasteiger partial charge < -0.3 is 0 Å². The number of carbonyl (C=O) groups excluding carboxylic acids is 1. The van der Waals surface area contributed by atoms with E-state index >= 15 is 0 Å². The smallest absolute Gasteiger partial charge is 0.277 e. The molecule has 0 atom stereocenters. The van der Waals surface area contributed by atoms with Crippen LogP contribution in [0.5, 0.6) is 0 Å². The van der Waals surface area contributed by atoms with Crippen molar-refractivity contribution in [3.63, 3.8) is 0 Å². The highest BCUT2D eigenvalue weighted by atomic mass is 79.9. The van der Waals surface area contributed by atoms with Gasteiger partial charge in [0.25, 0.3) is 5.91 Å². The second kappa shape index (κ2) is 5.28. The molecule has 0 aliphatic carbocycles. The van der Waals surface area contributed by atoms with Gasteiger partial charge in [0.2, 0.25) is 0 Å². The standard InChI is InChI=1S/C11H9BrFN3O2/c1-18-15-11(17)10-7(12)6-16(14-10)9-5-3-2-4-8(9)13/h2-6H,1H3,(H,15,17). The molecule has 2 rings (SSSR count). The first-order valence-corrected chi connectivity index (χ1v) is 5.76. The van der Waals surface area contributed by atoms with E-state index in [1.807, 2.05) is 0 Å². The van der Waals surface area contributed by atoms with Crippen LogP contribution in [0.4, 0.5) is 4.39 Å². The van der Waals surface area contributed by atoms with E-state index in [-0.39, 0.29) is 11.4 Å². The van der Waals surface area contributed by atoms with Gasteiger partial charge in [-0.25, -0.2) is 14.6 Å². The van der Waals surface area contributed by atoms with Crippen LogP contribution in [0.1, 0.15) is 10.5 Å². The Labute approximate surface area is 111 Å². The molecule has 1 N–H and O–H groups in total. The minimum atomic E-state index is -0.514. The topological polar surface area (TPSA) is 56.1 Å². The molecular formula is C11H9BrFN3O2. The first kappa shape index (κ1) is 12.7. The molecule has 18 heavy (non-hydrogen) atoms. The zero-order chi connectivity index (χ0) is 13.1. The van der Waals surface area contributed by atoms with Gasteiger partial charge in [-0.2, -0.15) is 5.10 Å². The van der Waals surface area contributed by atoms with Gasteiger partial charge in [-0.1, -0.05) is 12.1 Å². The number of nitrogens with zero attached hydrogens (tertiary/aromatic N) is 2. The van der Waals surface area contributed by atoms with Crippen molar-refractivity contribution in [1.82, 2.24) is 15.3 Å². The van der Waals surface area contributed by atoms with Crippen molar-refractivity contribution >= 4 is 21.8 Å². The Balaban J connectivity index is 2.41. The van der Waals surface area contributed by atoms with Gasteiger partial charge >= 0.3 is 0 Å². The number of carbonyl (C=O) groups is 1. The van der Waals surface area contributed by atoms with Crippen molar-refractivity contribution in [3.8, 4) is 5.69 Å². The maximum Gasteiger partial charge on any atom is 0.296 e. The van der Waals surface area contributed by atoms with Crippen LogP contribution in [-0.2, 0) is 4.84 Å². The van der Waals surface area contributed by atoms with Crippen molar-refractivity contribution in [1.29, 1.82) is 0 Å². The van der Waals surface area contributed by atoms with E-state index in [4.69, 9.17) is 0 Å². The molecule has 1 aromatic heterocycles.